The van der Waals surface area contributed by atoms with E-state index >= 15 is 0 Å². The Morgan fingerprint density at radius 1 is 1.17 bits per heavy atom. The summed E-state index contributed by atoms with van der Waals surface area (Å²) in [7, 11) is 1.53. The Morgan fingerprint density at radius 3 is 2.57 bits per heavy atom. The Kier molecular flexibility index (Phi) is 5.67. The predicted molar refractivity (Wildman–Crippen MR) is 115 cm³/mol. The summed E-state index contributed by atoms with van der Waals surface area (Å²) in [5, 5.41) is 3.70. The minimum absolute atomic E-state index is 0.108. The normalized spacial score (nSPS) is 14.7. The molecule has 1 saturated carbocycles. The molecule has 2 heterocycles. The largest absolute Gasteiger partial charge is 0.352 e. The molecule has 2 aromatic heterocycles. The van der Waals surface area contributed by atoms with Crippen molar-refractivity contribution in [2.75, 3.05) is 0 Å². The van der Waals surface area contributed by atoms with Crippen molar-refractivity contribution in [2.24, 2.45) is 7.05 Å². The number of aryl methyl sites for hydroxylation is 1. The lowest BCUT2D eigenvalue weighted by Gasteiger charge is -2.22. The minimum Gasteiger partial charge on any atom is -0.352 e. The molecule has 0 spiro atoms. The number of nitrogens with one attached hydrogen (secondary N) is 1. The van der Waals surface area contributed by atoms with E-state index in [9.17, 15) is 14.4 Å². The van der Waals surface area contributed by atoms with Gasteiger partial charge in [0.15, 0.2) is 11.5 Å². The van der Waals surface area contributed by atoms with Gasteiger partial charge in [0.05, 0.1) is 0 Å². The summed E-state index contributed by atoms with van der Waals surface area (Å²) in [5.74, 6) is 0.0421. The first kappa shape index (κ1) is 20.3. The van der Waals surface area contributed by atoms with Gasteiger partial charge >= 0.3 is 5.69 Å². The lowest BCUT2D eigenvalue weighted by atomic mass is 9.95. The number of rotatable bonds is 4. The molecular weight excluding hydrogens is 406 g/mol. The van der Waals surface area contributed by atoms with Crippen molar-refractivity contribution in [3.63, 3.8) is 0 Å². The molecule has 0 bridgehead atoms. The first-order valence-corrected chi connectivity index (χ1v) is 10.3. The molecule has 1 amide bonds. The number of aromatic nitrogens is 4. The summed E-state index contributed by atoms with van der Waals surface area (Å²) < 4.78 is 2.21. The fourth-order valence-electron chi connectivity index (χ4n) is 3.82. The van der Waals surface area contributed by atoms with Gasteiger partial charge in [-0.3, -0.25) is 18.7 Å². The van der Waals surface area contributed by atoms with E-state index in [1.54, 1.807) is 24.3 Å². The van der Waals surface area contributed by atoms with Gasteiger partial charge in [0, 0.05) is 29.9 Å². The summed E-state index contributed by atoms with van der Waals surface area (Å²) in [5.41, 5.74) is -0.236. The summed E-state index contributed by atoms with van der Waals surface area (Å²) in [6.45, 7) is -0.323. The highest BCUT2D eigenvalue weighted by molar-refractivity contribution is 6.30. The average molecular weight is 428 g/mol. The Morgan fingerprint density at radius 2 is 1.87 bits per heavy atom. The molecule has 1 fully saturated rings. The fraction of sp³-hybridized carbons (Fsp3) is 0.381. The predicted octanol–water partition coefficient (Wildman–Crippen LogP) is 2.26. The smallest absolute Gasteiger partial charge is 0.332 e. The molecule has 0 unspecified atom stereocenters. The molecule has 0 atom stereocenters. The number of benzene rings is 1. The number of carbonyl (C=O) groups is 1. The zero-order chi connectivity index (χ0) is 21.3. The number of amides is 1. The van der Waals surface area contributed by atoms with Crippen LogP contribution in [0.1, 0.15) is 32.1 Å². The Hall–Kier alpha value is -3.00. The van der Waals surface area contributed by atoms with Crippen molar-refractivity contribution in [2.45, 2.75) is 44.7 Å². The molecule has 1 aromatic carbocycles. The van der Waals surface area contributed by atoms with Crippen LogP contribution in [0.3, 0.4) is 0 Å². The lowest BCUT2D eigenvalue weighted by molar-refractivity contribution is -0.122. The standard InChI is InChI=1S/C21H22ClN5O3/c1-26-19-16(11-23-18(25-19)13-7-9-14(22)10-8-13)20(29)27(21(26)30)12-17(28)24-15-5-3-2-4-6-15/h7-11,15H,2-6,12H2,1H3,(H,24,28). The van der Waals surface area contributed by atoms with Crippen molar-refractivity contribution in [3.05, 3.63) is 56.3 Å². The molecule has 4 rings (SSSR count). The maximum Gasteiger partial charge on any atom is 0.332 e. The van der Waals surface area contributed by atoms with Gasteiger partial charge in [0.1, 0.15) is 11.9 Å². The van der Waals surface area contributed by atoms with E-state index in [0.717, 1.165) is 30.3 Å². The molecule has 30 heavy (non-hydrogen) atoms. The summed E-state index contributed by atoms with van der Waals surface area (Å²) in [6, 6.07) is 7.06. The maximum absolute atomic E-state index is 12.9. The van der Waals surface area contributed by atoms with E-state index in [0.29, 0.717) is 16.4 Å². The van der Waals surface area contributed by atoms with E-state index in [-0.39, 0.29) is 29.5 Å². The van der Waals surface area contributed by atoms with Gasteiger partial charge in [-0.25, -0.2) is 14.8 Å². The highest BCUT2D eigenvalue weighted by Gasteiger charge is 2.19. The second-order valence-electron chi connectivity index (χ2n) is 7.57. The third-order valence-corrected chi connectivity index (χ3v) is 5.71. The zero-order valence-corrected chi connectivity index (χ0v) is 17.4. The minimum atomic E-state index is -0.591. The molecule has 0 radical (unpaired) electrons. The molecule has 1 N–H and O–H groups in total. The summed E-state index contributed by atoms with van der Waals surface area (Å²) in [4.78, 5) is 46.8. The quantitative estimate of drug-likeness (QED) is 0.688. The van der Waals surface area contributed by atoms with Crippen molar-refractivity contribution in [3.8, 4) is 11.4 Å². The van der Waals surface area contributed by atoms with E-state index < -0.39 is 11.2 Å². The van der Waals surface area contributed by atoms with Crippen LogP contribution in [0.15, 0.2) is 40.1 Å². The van der Waals surface area contributed by atoms with Crippen LogP contribution in [0.25, 0.3) is 22.4 Å². The van der Waals surface area contributed by atoms with Crippen molar-refractivity contribution in [1.29, 1.82) is 0 Å². The average Bonchev–Trinajstić information content (AvgIpc) is 2.76. The monoisotopic (exact) mass is 427 g/mol. The third kappa shape index (κ3) is 4.00. The van der Waals surface area contributed by atoms with Crippen molar-refractivity contribution < 1.29 is 4.79 Å². The van der Waals surface area contributed by atoms with Crippen LogP contribution in [-0.2, 0) is 18.4 Å². The molecule has 9 heteroatoms. The lowest BCUT2D eigenvalue weighted by Crippen LogP contribution is -2.45. The van der Waals surface area contributed by atoms with E-state index in [1.165, 1.54) is 24.2 Å². The van der Waals surface area contributed by atoms with Gasteiger partial charge in [0.2, 0.25) is 5.91 Å². The number of hydrogen-bond donors (Lipinski definition) is 1. The van der Waals surface area contributed by atoms with Crippen LogP contribution < -0.4 is 16.6 Å². The van der Waals surface area contributed by atoms with Gasteiger partial charge < -0.3 is 5.32 Å². The highest BCUT2D eigenvalue weighted by Crippen LogP contribution is 2.19. The maximum atomic E-state index is 12.9. The van der Waals surface area contributed by atoms with Crippen LogP contribution in [0.2, 0.25) is 5.02 Å². The Labute approximate surface area is 177 Å². The zero-order valence-electron chi connectivity index (χ0n) is 16.6. The summed E-state index contributed by atoms with van der Waals surface area (Å²) in [6.07, 6.45) is 6.58. The van der Waals surface area contributed by atoms with Crippen LogP contribution in [-0.4, -0.2) is 31.1 Å². The van der Waals surface area contributed by atoms with Crippen LogP contribution >= 0.6 is 11.6 Å². The number of fused-ring (bicyclic) bond motifs is 1. The van der Waals surface area contributed by atoms with Crippen molar-refractivity contribution in [1.82, 2.24) is 24.4 Å². The second-order valence-corrected chi connectivity index (χ2v) is 8.01. The SMILES string of the molecule is Cn1c(=O)n(CC(=O)NC2CCCCC2)c(=O)c2cnc(-c3ccc(Cl)cc3)nc21. The number of carbonyl (C=O) groups excluding carboxylic acids is 1. The van der Waals surface area contributed by atoms with Crippen molar-refractivity contribution >= 4 is 28.5 Å². The van der Waals surface area contributed by atoms with E-state index in [1.807, 2.05) is 0 Å². The first-order chi connectivity index (χ1) is 14.4. The van der Waals surface area contributed by atoms with Gasteiger partial charge in [-0.15, -0.1) is 0 Å². The summed E-state index contributed by atoms with van der Waals surface area (Å²) >= 11 is 5.92. The van der Waals surface area contributed by atoms with Gasteiger partial charge in [-0.2, -0.15) is 0 Å². The number of nitrogens with zero attached hydrogens (tertiary/aromatic N) is 4. The Balaban J connectivity index is 1.67. The molecular formula is C21H22ClN5O3. The molecule has 3 aromatic rings. The van der Waals surface area contributed by atoms with Crippen LogP contribution in [0.4, 0.5) is 0 Å². The second kappa shape index (κ2) is 8.39. The molecule has 0 aliphatic heterocycles. The van der Waals surface area contributed by atoms with Crippen LogP contribution in [0.5, 0.6) is 0 Å². The van der Waals surface area contributed by atoms with Gasteiger partial charge in [0.25, 0.3) is 5.56 Å². The van der Waals surface area contributed by atoms with Gasteiger partial charge in [-0.05, 0) is 37.1 Å². The Bertz CT molecular complexity index is 1210. The molecule has 1 aliphatic rings. The molecule has 0 saturated heterocycles. The molecule has 156 valence electrons. The highest BCUT2D eigenvalue weighted by atomic mass is 35.5. The van der Waals surface area contributed by atoms with E-state index in [4.69, 9.17) is 11.6 Å². The number of halogens is 1. The molecule has 8 nitrogen and oxygen atoms in total. The topological polar surface area (TPSA) is 98.9 Å². The molecule has 1 aliphatic carbocycles. The number of hydrogen-bond acceptors (Lipinski definition) is 5. The fourth-order valence-corrected chi connectivity index (χ4v) is 3.95. The third-order valence-electron chi connectivity index (χ3n) is 5.45. The van der Waals surface area contributed by atoms with Gasteiger partial charge in [-0.1, -0.05) is 30.9 Å². The van der Waals surface area contributed by atoms with Crippen LogP contribution in [0, 0.1) is 0 Å². The first-order valence-electron chi connectivity index (χ1n) is 9.96. The van der Waals surface area contributed by atoms with E-state index in [2.05, 4.69) is 15.3 Å².